The zero-order valence-electron chi connectivity index (χ0n) is 19.1. The van der Waals surface area contributed by atoms with Crippen LogP contribution in [-0.2, 0) is 25.8 Å². The number of carboxylic acids is 1. The monoisotopic (exact) mass is 496 g/mol. The molecule has 0 fully saturated rings. The molecular weight excluding hydrogens is 463 g/mol. The van der Waals surface area contributed by atoms with Crippen LogP contribution in [0.3, 0.4) is 0 Å². The van der Waals surface area contributed by atoms with Crippen LogP contribution in [-0.4, -0.2) is 42.1 Å². The molecule has 2 aromatic rings. The Hall–Kier alpha value is -2.19. The van der Waals surface area contributed by atoms with Crippen molar-refractivity contribution in [3.8, 4) is 0 Å². The summed E-state index contributed by atoms with van der Waals surface area (Å²) >= 11 is 0. The lowest BCUT2D eigenvalue weighted by molar-refractivity contribution is -0.138. The molecule has 0 heterocycles. The van der Waals surface area contributed by atoms with Gasteiger partial charge in [0.1, 0.15) is 5.78 Å². The standard InChI is InChI=1S/C23H33N2O6PS/c1-16(2)22(25-33(30,31)14-8-11-18-9-5-4-6-10-18)32(28,29)15-20(23(26)27)19-12-7-13-21(24)17(19)3/h4-7,9-10,12-13,16,20,22,25H,8,11,14-15,24H2,1-3H3,(H,26,27)(H,28,29)/t20?,22-/m0/s1. The number of aryl methyl sites for hydroxylation is 1. The van der Waals surface area contributed by atoms with E-state index in [1.54, 1.807) is 39.0 Å². The van der Waals surface area contributed by atoms with Crippen LogP contribution >= 0.6 is 7.37 Å². The lowest BCUT2D eigenvalue weighted by Gasteiger charge is -2.29. The zero-order valence-corrected chi connectivity index (χ0v) is 20.9. The van der Waals surface area contributed by atoms with Gasteiger partial charge in [0.05, 0.1) is 11.7 Å². The molecule has 5 N–H and O–H groups in total. The summed E-state index contributed by atoms with van der Waals surface area (Å²) in [4.78, 5) is 22.9. The predicted octanol–water partition coefficient (Wildman–Crippen LogP) is 3.55. The summed E-state index contributed by atoms with van der Waals surface area (Å²) < 4.78 is 41.1. The van der Waals surface area contributed by atoms with Crippen molar-refractivity contribution in [3.63, 3.8) is 0 Å². The van der Waals surface area contributed by atoms with Gasteiger partial charge in [0.2, 0.25) is 17.4 Å². The van der Waals surface area contributed by atoms with Crippen LogP contribution in [0, 0.1) is 12.8 Å². The third-order valence-corrected chi connectivity index (χ3v) is 9.72. The molecule has 0 aliphatic heterocycles. The van der Waals surface area contributed by atoms with Gasteiger partial charge >= 0.3 is 5.97 Å². The Labute approximate surface area is 195 Å². The molecule has 0 spiro atoms. The van der Waals surface area contributed by atoms with Crippen molar-refractivity contribution < 1.29 is 27.8 Å². The van der Waals surface area contributed by atoms with E-state index < -0.39 is 47.1 Å². The summed E-state index contributed by atoms with van der Waals surface area (Å²) in [6.07, 6.45) is 0.294. The number of rotatable bonds is 12. The van der Waals surface area contributed by atoms with E-state index >= 15 is 0 Å². The van der Waals surface area contributed by atoms with Crippen LogP contribution in [0.2, 0.25) is 0 Å². The van der Waals surface area contributed by atoms with Crippen molar-refractivity contribution in [1.82, 2.24) is 4.72 Å². The molecule has 182 valence electrons. The number of aliphatic carboxylic acids is 1. The topological polar surface area (TPSA) is 147 Å². The average molecular weight is 497 g/mol. The largest absolute Gasteiger partial charge is 0.481 e. The van der Waals surface area contributed by atoms with Crippen LogP contribution in [0.4, 0.5) is 5.69 Å². The van der Waals surface area contributed by atoms with Crippen LogP contribution in [0.15, 0.2) is 48.5 Å². The maximum absolute atomic E-state index is 13.3. The highest BCUT2D eigenvalue weighted by atomic mass is 32.2. The lowest BCUT2D eigenvalue weighted by Crippen LogP contribution is -2.41. The second-order valence-electron chi connectivity index (χ2n) is 8.61. The smallest absolute Gasteiger partial charge is 0.311 e. The first kappa shape index (κ1) is 27.1. The summed E-state index contributed by atoms with van der Waals surface area (Å²) in [5.74, 6) is -4.61. The molecule has 0 amide bonds. The van der Waals surface area contributed by atoms with Gasteiger partial charge in [-0.15, -0.1) is 0 Å². The maximum Gasteiger partial charge on any atom is 0.311 e. The highest BCUT2D eigenvalue weighted by Gasteiger charge is 2.40. The molecule has 2 rings (SSSR count). The summed E-state index contributed by atoms with van der Waals surface area (Å²) in [5.41, 5.74) is 8.13. The highest BCUT2D eigenvalue weighted by Crippen LogP contribution is 2.51. The molecule has 0 saturated heterocycles. The molecular formula is C23H33N2O6PS. The fraction of sp³-hybridized carbons (Fsp3) is 0.435. The number of nitrogen functional groups attached to an aromatic ring is 1. The normalized spacial score (nSPS) is 15.7. The van der Waals surface area contributed by atoms with Crippen LogP contribution in [0.25, 0.3) is 0 Å². The van der Waals surface area contributed by atoms with Gasteiger partial charge in [-0.2, -0.15) is 0 Å². The van der Waals surface area contributed by atoms with Crippen molar-refractivity contribution in [2.75, 3.05) is 17.6 Å². The van der Waals surface area contributed by atoms with Gasteiger partial charge in [-0.1, -0.05) is 56.3 Å². The molecule has 0 radical (unpaired) electrons. The van der Waals surface area contributed by atoms with Gasteiger partial charge in [-0.25, -0.2) is 13.1 Å². The molecule has 2 unspecified atom stereocenters. The minimum atomic E-state index is -4.27. The fourth-order valence-corrected chi connectivity index (χ4v) is 8.23. The van der Waals surface area contributed by atoms with Crippen LogP contribution < -0.4 is 10.5 Å². The quantitative estimate of drug-likeness (QED) is 0.259. The van der Waals surface area contributed by atoms with Gasteiger partial charge in [0.15, 0.2) is 0 Å². The lowest BCUT2D eigenvalue weighted by atomic mass is 9.95. The van der Waals surface area contributed by atoms with E-state index in [2.05, 4.69) is 4.72 Å². The summed E-state index contributed by atoms with van der Waals surface area (Å²) in [7, 11) is -8.13. The second-order valence-corrected chi connectivity index (χ2v) is 12.9. The number of sulfonamides is 1. The number of nitrogens with one attached hydrogen (secondary N) is 1. The highest BCUT2D eigenvalue weighted by molar-refractivity contribution is 7.89. The molecule has 33 heavy (non-hydrogen) atoms. The van der Waals surface area contributed by atoms with Crippen molar-refractivity contribution in [1.29, 1.82) is 0 Å². The summed E-state index contributed by atoms with van der Waals surface area (Å²) in [5, 5.41) is 9.77. The fourth-order valence-electron chi connectivity index (χ4n) is 3.77. The zero-order chi connectivity index (χ0) is 24.8. The number of benzene rings is 2. The number of hydrogen-bond donors (Lipinski definition) is 4. The first-order chi connectivity index (χ1) is 15.3. The van der Waals surface area contributed by atoms with E-state index in [-0.39, 0.29) is 5.75 Å². The second kappa shape index (κ2) is 11.3. The Balaban J connectivity index is 2.18. The number of carbonyl (C=O) groups is 1. The van der Waals surface area contributed by atoms with Gasteiger partial charge < -0.3 is 15.7 Å². The molecule has 0 aliphatic carbocycles. The van der Waals surface area contributed by atoms with Crippen molar-refractivity contribution >= 4 is 29.0 Å². The molecule has 0 aromatic heterocycles. The predicted molar refractivity (Wildman–Crippen MR) is 131 cm³/mol. The number of hydrogen-bond acceptors (Lipinski definition) is 5. The Bertz CT molecular complexity index is 1110. The van der Waals surface area contributed by atoms with Gasteiger partial charge in [-0.05, 0) is 48.4 Å². The maximum atomic E-state index is 13.3. The molecule has 3 atom stereocenters. The number of anilines is 1. The Morgan fingerprint density at radius 2 is 1.76 bits per heavy atom. The minimum Gasteiger partial charge on any atom is -0.481 e. The SMILES string of the molecule is Cc1c(N)cccc1C(CP(=O)(O)[C@H](NS(=O)(=O)CCCc1ccccc1)C(C)C)C(=O)O. The Kier molecular flexibility index (Phi) is 9.26. The third kappa shape index (κ3) is 7.67. The summed E-state index contributed by atoms with van der Waals surface area (Å²) in [6, 6.07) is 14.2. The number of carboxylic acid groups (broad SMARTS) is 1. The Morgan fingerprint density at radius 1 is 1.12 bits per heavy atom. The molecule has 2 aromatic carbocycles. The molecule has 8 nitrogen and oxygen atoms in total. The van der Waals surface area contributed by atoms with Crippen molar-refractivity contribution in [2.45, 2.75) is 45.3 Å². The molecule has 10 heteroatoms. The summed E-state index contributed by atoms with van der Waals surface area (Å²) in [6.45, 7) is 4.90. The number of nitrogens with two attached hydrogens (primary N) is 1. The van der Waals surface area contributed by atoms with E-state index in [0.717, 1.165) is 5.56 Å². The first-order valence-electron chi connectivity index (χ1n) is 10.8. The van der Waals surface area contributed by atoms with Crippen molar-refractivity contribution in [2.24, 2.45) is 5.92 Å². The van der Waals surface area contributed by atoms with Crippen LogP contribution in [0.1, 0.15) is 42.9 Å². The van der Waals surface area contributed by atoms with Gasteiger partial charge in [0.25, 0.3) is 0 Å². The van der Waals surface area contributed by atoms with Gasteiger partial charge in [0, 0.05) is 11.8 Å². The Morgan fingerprint density at radius 3 is 2.33 bits per heavy atom. The van der Waals surface area contributed by atoms with E-state index in [4.69, 9.17) is 5.73 Å². The van der Waals surface area contributed by atoms with Crippen LogP contribution in [0.5, 0.6) is 0 Å². The minimum absolute atomic E-state index is 0.207. The molecule has 0 bridgehead atoms. The van der Waals surface area contributed by atoms with Crippen molar-refractivity contribution in [3.05, 3.63) is 65.2 Å². The van der Waals surface area contributed by atoms with E-state index in [0.29, 0.717) is 29.7 Å². The van der Waals surface area contributed by atoms with Gasteiger partial charge in [-0.3, -0.25) is 9.36 Å². The first-order valence-corrected chi connectivity index (χ1v) is 14.3. The van der Waals surface area contributed by atoms with E-state index in [9.17, 15) is 27.8 Å². The van der Waals surface area contributed by atoms with E-state index in [1.807, 2.05) is 30.3 Å². The average Bonchev–Trinajstić information content (AvgIpc) is 2.73. The third-order valence-electron chi connectivity index (χ3n) is 5.62. The van der Waals surface area contributed by atoms with E-state index in [1.165, 1.54) is 0 Å². The molecule has 0 aliphatic rings. The molecule has 0 saturated carbocycles.